The summed E-state index contributed by atoms with van der Waals surface area (Å²) >= 11 is 0. The molecule has 1 aromatic rings. The first-order valence-corrected chi connectivity index (χ1v) is 9.59. The zero-order chi connectivity index (χ0) is 14.8. The SMILES string of the molecule is CNCc1ccc(S(=O)(=O)NC2CCS(=O)(=O)C2)cc1. The number of rotatable bonds is 5. The maximum Gasteiger partial charge on any atom is 0.240 e. The van der Waals surface area contributed by atoms with E-state index in [0.29, 0.717) is 13.0 Å². The Morgan fingerprint density at radius 3 is 2.40 bits per heavy atom. The van der Waals surface area contributed by atoms with Crippen LogP contribution in [0.15, 0.2) is 29.2 Å². The molecule has 2 rings (SSSR count). The molecule has 1 saturated heterocycles. The van der Waals surface area contributed by atoms with Gasteiger partial charge in [-0.25, -0.2) is 21.6 Å². The van der Waals surface area contributed by atoms with E-state index in [1.54, 1.807) is 12.1 Å². The summed E-state index contributed by atoms with van der Waals surface area (Å²) < 4.78 is 49.4. The van der Waals surface area contributed by atoms with Gasteiger partial charge in [-0.3, -0.25) is 0 Å². The van der Waals surface area contributed by atoms with Crippen LogP contribution >= 0.6 is 0 Å². The minimum absolute atomic E-state index is 0.0430. The molecule has 2 N–H and O–H groups in total. The third-order valence-corrected chi connectivity index (χ3v) is 6.47. The van der Waals surface area contributed by atoms with E-state index < -0.39 is 25.9 Å². The predicted octanol–water partition coefficient (Wildman–Crippen LogP) is -0.129. The highest BCUT2D eigenvalue weighted by atomic mass is 32.2. The van der Waals surface area contributed by atoms with Crippen LogP contribution in [0.4, 0.5) is 0 Å². The van der Waals surface area contributed by atoms with Crippen LogP contribution in [0, 0.1) is 0 Å². The van der Waals surface area contributed by atoms with Gasteiger partial charge in [0.15, 0.2) is 9.84 Å². The van der Waals surface area contributed by atoms with Gasteiger partial charge in [-0.1, -0.05) is 12.1 Å². The van der Waals surface area contributed by atoms with Gasteiger partial charge in [0.25, 0.3) is 0 Å². The lowest BCUT2D eigenvalue weighted by Gasteiger charge is -2.12. The van der Waals surface area contributed by atoms with Crippen LogP contribution in [0.3, 0.4) is 0 Å². The smallest absolute Gasteiger partial charge is 0.240 e. The van der Waals surface area contributed by atoms with Crippen molar-refractivity contribution in [3.05, 3.63) is 29.8 Å². The monoisotopic (exact) mass is 318 g/mol. The van der Waals surface area contributed by atoms with E-state index in [0.717, 1.165) is 5.56 Å². The van der Waals surface area contributed by atoms with E-state index in [1.165, 1.54) is 12.1 Å². The Morgan fingerprint density at radius 2 is 1.90 bits per heavy atom. The first-order valence-electron chi connectivity index (χ1n) is 6.29. The second kappa shape index (κ2) is 5.80. The number of sulfonamides is 1. The largest absolute Gasteiger partial charge is 0.316 e. The molecule has 6 nitrogen and oxygen atoms in total. The maximum atomic E-state index is 12.1. The second-order valence-corrected chi connectivity index (χ2v) is 8.84. The summed E-state index contributed by atoms with van der Waals surface area (Å²) in [7, 11) is -4.95. The summed E-state index contributed by atoms with van der Waals surface area (Å²) in [5.41, 5.74) is 0.981. The first kappa shape index (κ1) is 15.4. The minimum atomic E-state index is -3.66. The quantitative estimate of drug-likeness (QED) is 0.789. The lowest BCUT2D eigenvalue weighted by Crippen LogP contribution is -2.35. The standard InChI is InChI=1S/C12H18N2O4S2/c1-13-8-10-2-4-12(5-3-10)20(17,18)14-11-6-7-19(15,16)9-11/h2-5,11,13-14H,6-9H2,1H3. The van der Waals surface area contributed by atoms with Gasteiger partial charge in [-0.2, -0.15) is 0 Å². The van der Waals surface area contributed by atoms with Crippen LogP contribution in [0.5, 0.6) is 0 Å². The van der Waals surface area contributed by atoms with E-state index in [9.17, 15) is 16.8 Å². The number of benzene rings is 1. The highest BCUT2D eigenvalue weighted by Crippen LogP contribution is 2.16. The zero-order valence-corrected chi connectivity index (χ0v) is 12.8. The van der Waals surface area contributed by atoms with Gasteiger partial charge in [0, 0.05) is 12.6 Å². The summed E-state index contributed by atoms with van der Waals surface area (Å²) in [6.45, 7) is 0.661. The van der Waals surface area contributed by atoms with Crippen LogP contribution in [0.1, 0.15) is 12.0 Å². The molecule has 20 heavy (non-hydrogen) atoms. The van der Waals surface area contributed by atoms with Gasteiger partial charge < -0.3 is 5.32 Å². The highest BCUT2D eigenvalue weighted by Gasteiger charge is 2.31. The van der Waals surface area contributed by atoms with Crippen molar-refractivity contribution in [3.63, 3.8) is 0 Å². The lowest BCUT2D eigenvalue weighted by molar-refractivity contribution is 0.562. The average Bonchev–Trinajstić information content (AvgIpc) is 2.69. The molecule has 1 aromatic carbocycles. The fourth-order valence-corrected chi connectivity index (χ4v) is 5.22. The van der Waals surface area contributed by atoms with Crippen LogP contribution in [0.2, 0.25) is 0 Å². The van der Waals surface area contributed by atoms with E-state index in [2.05, 4.69) is 10.0 Å². The number of hydrogen-bond donors (Lipinski definition) is 2. The van der Waals surface area contributed by atoms with Crippen molar-refractivity contribution in [3.8, 4) is 0 Å². The van der Waals surface area contributed by atoms with Crippen LogP contribution in [0.25, 0.3) is 0 Å². The Labute approximate surface area is 119 Å². The summed E-state index contributed by atoms with van der Waals surface area (Å²) in [6, 6.07) is 5.99. The van der Waals surface area contributed by atoms with E-state index >= 15 is 0 Å². The molecule has 0 spiro atoms. The zero-order valence-electron chi connectivity index (χ0n) is 11.2. The van der Waals surface area contributed by atoms with Gasteiger partial charge in [0.2, 0.25) is 10.0 Å². The van der Waals surface area contributed by atoms with Gasteiger partial charge in [-0.05, 0) is 31.2 Å². The van der Waals surface area contributed by atoms with Crippen molar-refractivity contribution in [2.24, 2.45) is 0 Å². The normalized spacial score (nSPS) is 21.9. The minimum Gasteiger partial charge on any atom is -0.316 e. The molecule has 1 fully saturated rings. The molecule has 1 atom stereocenters. The van der Waals surface area contributed by atoms with Crippen LogP contribution < -0.4 is 10.0 Å². The molecular weight excluding hydrogens is 300 g/mol. The summed E-state index contributed by atoms with van der Waals surface area (Å²) in [4.78, 5) is 0.154. The van der Waals surface area contributed by atoms with Crippen molar-refractivity contribution in [2.75, 3.05) is 18.6 Å². The molecule has 0 aromatic heterocycles. The number of sulfone groups is 1. The number of nitrogens with one attached hydrogen (secondary N) is 2. The molecule has 1 aliphatic heterocycles. The summed E-state index contributed by atoms with van der Waals surface area (Å²) in [5, 5.41) is 2.98. The molecule has 1 aliphatic rings. The molecule has 0 amide bonds. The fourth-order valence-electron chi connectivity index (χ4n) is 2.17. The van der Waals surface area contributed by atoms with Crippen molar-refractivity contribution >= 4 is 19.9 Å². The number of hydrogen-bond acceptors (Lipinski definition) is 5. The topological polar surface area (TPSA) is 92.3 Å². The Morgan fingerprint density at radius 1 is 1.25 bits per heavy atom. The Hall–Kier alpha value is -0.960. The molecule has 8 heteroatoms. The predicted molar refractivity (Wildman–Crippen MR) is 76.6 cm³/mol. The van der Waals surface area contributed by atoms with Gasteiger partial charge >= 0.3 is 0 Å². The summed E-state index contributed by atoms with van der Waals surface area (Å²) in [6.07, 6.45) is 0.333. The molecule has 0 bridgehead atoms. The van der Waals surface area contributed by atoms with E-state index in [4.69, 9.17) is 0 Å². The van der Waals surface area contributed by atoms with E-state index in [1.807, 2.05) is 7.05 Å². The van der Waals surface area contributed by atoms with Crippen molar-refractivity contribution in [1.29, 1.82) is 0 Å². The Bertz CT molecular complexity index is 666. The van der Waals surface area contributed by atoms with Crippen molar-refractivity contribution in [1.82, 2.24) is 10.0 Å². The third-order valence-electron chi connectivity index (χ3n) is 3.17. The maximum absolute atomic E-state index is 12.1. The first-order chi connectivity index (χ1) is 9.32. The van der Waals surface area contributed by atoms with Gasteiger partial charge in [0.1, 0.15) is 0 Å². The van der Waals surface area contributed by atoms with Crippen molar-refractivity contribution in [2.45, 2.75) is 23.9 Å². The molecule has 0 radical (unpaired) electrons. The van der Waals surface area contributed by atoms with Gasteiger partial charge in [0.05, 0.1) is 16.4 Å². The molecule has 112 valence electrons. The molecule has 1 heterocycles. The van der Waals surface area contributed by atoms with Gasteiger partial charge in [-0.15, -0.1) is 0 Å². The van der Waals surface area contributed by atoms with Crippen LogP contribution in [-0.2, 0) is 26.4 Å². The van der Waals surface area contributed by atoms with Crippen molar-refractivity contribution < 1.29 is 16.8 Å². The molecular formula is C12H18N2O4S2. The molecule has 0 aliphatic carbocycles. The van der Waals surface area contributed by atoms with E-state index in [-0.39, 0.29) is 16.4 Å². The molecule has 0 saturated carbocycles. The Balaban J connectivity index is 2.10. The average molecular weight is 318 g/mol. The lowest BCUT2D eigenvalue weighted by atomic mass is 10.2. The third kappa shape index (κ3) is 3.78. The fraction of sp³-hybridized carbons (Fsp3) is 0.500. The highest BCUT2D eigenvalue weighted by molar-refractivity contribution is 7.92. The Kier molecular flexibility index (Phi) is 4.48. The van der Waals surface area contributed by atoms with Crippen LogP contribution in [-0.4, -0.2) is 41.4 Å². The molecule has 1 unspecified atom stereocenters. The summed E-state index contributed by atoms with van der Waals surface area (Å²) in [5.74, 6) is -0.0780. The second-order valence-electron chi connectivity index (χ2n) is 4.90.